The maximum atomic E-state index is 11.7. The van der Waals surface area contributed by atoms with Crippen LogP contribution in [0.2, 0.25) is 0 Å². The average Bonchev–Trinajstić information content (AvgIpc) is 2.83. The summed E-state index contributed by atoms with van der Waals surface area (Å²) < 4.78 is 5.61. The highest BCUT2D eigenvalue weighted by atomic mass is 16.5. The smallest absolute Gasteiger partial charge is 0.290 e. The van der Waals surface area contributed by atoms with Gasteiger partial charge in [-0.2, -0.15) is 0 Å². The standard InChI is InChI=1S/C22H25N5O3.CH2O2/c1-30-20-5-2-15(12-27-8-6-23-21(29)13-27)10-17(20)16-3-4-19-18(11-16)22(24-7-9-28)26-14-25-19;2-1-3/h2-5,10-11,14,28H,6-9,12-13H2,1H3,(H,23,29)(H,24,25,26);1H,(H,2,3). The molecular weight excluding hydrogens is 426 g/mol. The molecule has 0 spiro atoms. The van der Waals surface area contributed by atoms with Crippen LogP contribution in [0.25, 0.3) is 22.0 Å². The van der Waals surface area contributed by atoms with Gasteiger partial charge in [-0.3, -0.25) is 14.5 Å². The molecule has 1 aliphatic rings. The molecule has 174 valence electrons. The largest absolute Gasteiger partial charge is 0.496 e. The van der Waals surface area contributed by atoms with Crippen LogP contribution in [0.3, 0.4) is 0 Å². The van der Waals surface area contributed by atoms with Gasteiger partial charge in [0, 0.05) is 37.1 Å². The van der Waals surface area contributed by atoms with Crippen LogP contribution in [0.15, 0.2) is 42.7 Å². The van der Waals surface area contributed by atoms with Gasteiger partial charge in [0.05, 0.1) is 25.8 Å². The molecule has 10 heteroatoms. The number of methoxy groups -OCH3 is 1. The molecule has 1 aromatic heterocycles. The summed E-state index contributed by atoms with van der Waals surface area (Å²) >= 11 is 0. The molecule has 0 aliphatic carbocycles. The lowest BCUT2D eigenvalue weighted by molar-refractivity contribution is -0.124. The van der Waals surface area contributed by atoms with E-state index in [4.69, 9.17) is 19.7 Å². The van der Waals surface area contributed by atoms with E-state index in [0.717, 1.165) is 39.9 Å². The molecule has 1 aliphatic heterocycles. The molecule has 4 N–H and O–H groups in total. The molecule has 0 unspecified atom stereocenters. The zero-order valence-corrected chi connectivity index (χ0v) is 18.3. The van der Waals surface area contributed by atoms with Gasteiger partial charge in [0.15, 0.2) is 0 Å². The molecule has 0 bridgehead atoms. The first-order valence-electron chi connectivity index (χ1n) is 10.4. The third-order valence-electron chi connectivity index (χ3n) is 5.14. The number of aliphatic hydroxyl groups is 1. The van der Waals surface area contributed by atoms with Gasteiger partial charge in [-0.25, -0.2) is 9.97 Å². The lowest BCUT2D eigenvalue weighted by atomic mass is 9.99. The number of rotatable bonds is 7. The molecular formula is C23H27N5O5. The summed E-state index contributed by atoms with van der Waals surface area (Å²) in [7, 11) is 1.66. The molecule has 0 saturated carbocycles. The third-order valence-corrected chi connectivity index (χ3v) is 5.14. The molecule has 10 nitrogen and oxygen atoms in total. The number of ether oxygens (including phenoxy) is 1. The van der Waals surface area contributed by atoms with E-state index in [0.29, 0.717) is 32.0 Å². The molecule has 1 saturated heterocycles. The van der Waals surface area contributed by atoms with Crippen LogP contribution < -0.4 is 15.4 Å². The summed E-state index contributed by atoms with van der Waals surface area (Å²) in [6.45, 7) is 2.81. The first-order valence-corrected chi connectivity index (χ1v) is 10.4. The molecule has 3 aromatic rings. The van der Waals surface area contributed by atoms with Crippen LogP contribution in [0.1, 0.15) is 5.56 Å². The second kappa shape index (κ2) is 11.7. The van der Waals surface area contributed by atoms with Crippen molar-refractivity contribution in [3.8, 4) is 16.9 Å². The van der Waals surface area contributed by atoms with Crippen LogP contribution in [0, 0.1) is 0 Å². The lowest BCUT2D eigenvalue weighted by Crippen LogP contribution is -2.47. The Morgan fingerprint density at radius 3 is 2.79 bits per heavy atom. The van der Waals surface area contributed by atoms with Crippen molar-refractivity contribution < 1.29 is 24.5 Å². The summed E-state index contributed by atoms with van der Waals surface area (Å²) in [6, 6.07) is 12.1. The molecule has 0 atom stereocenters. The highest BCUT2D eigenvalue weighted by Gasteiger charge is 2.17. The molecule has 0 radical (unpaired) electrons. The number of anilines is 1. The minimum atomic E-state index is -0.250. The maximum Gasteiger partial charge on any atom is 0.290 e. The Hall–Kier alpha value is -3.76. The van der Waals surface area contributed by atoms with Crippen LogP contribution in [-0.2, 0) is 16.1 Å². The fraction of sp³-hybridized carbons (Fsp3) is 0.304. The molecule has 2 heterocycles. The van der Waals surface area contributed by atoms with Crippen molar-refractivity contribution in [3.63, 3.8) is 0 Å². The number of piperazine rings is 1. The van der Waals surface area contributed by atoms with Crippen molar-refractivity contribution >= 4 is 29.1 Å². The Balaban J connectivity index is 0.000000968. The number of nitrogens with one attached hydrogen (secondary N) is 2. The quantitative estimate of drug-likeness (QED) is 0.391. The van der Waals surface area contributed by atoms with Crippen molar-refractivity contribution in [2.45, 2.75) is 6.54 Å². The van der Waals surface area contributed by atoms with Gasteiger partial charge in [-0.1, -0.05) is 12.1 Å². The zero-order chi connectivity index (χ0) is 23.6. The number of carboxylic acid groups (broad SMARTS) is 1. The number of hydrogen-bond acceptors (Lipinski definition) is 8. The van der Waals surface area contributed by atoms with E-state index in [1.165, 1.54) is 6.33 Å². The van der Waals surface area contributed by atoms with E-state index >= 15 is 0 Å². The van der Waals surface area contributed by atoms with Crippen molar-refractivity contribution in [1.82, 2.24) is 20.2 Å². The van der Waals surface area contributed by atoms with E-state index in [1.807, 2.05) is 30.3 Å². The van der Waals surface area contributed by atoms with Gasteiger partial charge in [0.1, 0.15) is 17.9 Å². The molecule has 1 fully saturated rings. The van der Waals surface area contributed by atoms with E-state index in [9.17, 15) is 4.79 Å². The number of amides is 1. The number of aromatic nitrogens is 2. The Kier molecular flexibility index (Phi) is 8.50. The fourth-order valence-electron chi connectivity index (χ4n) is 3.70. The number of carbonyl (C=O) groups is 2. The first kappa shape index (κ1) is 23.9. The predicted molar refractivity (Wildman–Crippen MR) is 124 cm³/mol. The van der Waals surface area contributed by atoms with Gasteiger partial charge in [-0.15, -0.1) is 0 Å². The van der Waals surface area contributed by atoms with Gasteiger partial charge < -0.3 is 25.6 Å². The van der Waals surface area contributed by atoms with Gasteiger partial charge in [0.2, 0.25) is 5.91 Å². The van der Waals surface area contributed by atoms with Crippen LogP contribution in [-0.4, -0.2) is 77.4 Å². The number of nitrogens with zero attached hydrogens (tertiary/aromatic N) is 3. The second-order valence-corrected chi connectivity index (χ2v) is 7.31. The fourth-order valence-corrected chi connectivity index (χ4v) is 3.70. The molecule has 4 rings (SSSR count). The molecule has 2 aromatic carbocycles. The highest BCUT2D eigenvalue weighted by Crippen LogP contribution is 2.34. The summed E-state index contributed by atoms with van der Waals surface area (Å²) in [5, 5.41) is 22.9. The highest BCUT2D eigenvalue weighted by molar-refractivity contribution is 5.93. The monoisotopic (exact) mass is 453 g/mol. The van der Waals surface area contributed by atoms with E-state index in [1.54, 1.807) is 7.11 Å². The van der Waals surface area contributed by atoms with Gasteiger partial charge in [-0.05, 0) is 35.4 Å². The summed E-state index contributed by atoms with van der Waals surface area (Å²) in [5.74, 6) is 1.52. The Bertz CT molecular complexity index is 1110. The number of aliphatic hydroxyl groups excluding tert-OH is 1. The number of hydrogen-bond donors (Lipinski definition) is 4. The molecule has 33 heavy (non-hydrogen) atoms. The van der Waals surface area contributed by atoms with Gasteiger partial charge in [0.25, 0.3) is 6.47 Å². The van der Waals surface area contributed by atoms with Crippen molar-refractivity contribution in [2.75, 3.05) is 45.2 Å². The minimum absolute atomic E-state index is 0.0234. The Morgan fingerprint density at radius 2 is 2.06 bits per heavy atom. The first-order chi connectivity index (χ1) is 16.1. The number of benzene rings is 2. The lowest BCUT2D eigenvalue weighted by Gasteiger charge is -2.26. The van der Waals surface area contributed by atoms with Crippen molar-refractivity contribution in [3.05, 3.63) is 48.3 Å². The van der Waals surface area contributed by atoms with Crippen LogP contribution >= 0.6 is 0 Å². The van der Waals surface area contributed by atoms with Crippen molar-refractivity contribution in [2.24, 2.45) is 0 Å². The van der Waals surface area contributed by atoms with E-state index < -0.39 is 0 Å². The SMILES string of the molecule is COc1ccc(CN2CCNC(=O)C2)cc1-c1ccc2ncnc(NCCO)c2c1.O=CO. The van der Waals surface area contributed by atoms with Crippen LogP contribution in [0.5, 0.6) is 5.75 Å². The Morgan fingerprint density at radius 1 is 1.24 bits per heavy atom. The third kappa shape index (κ3) is 6.15. The second-order valence-electron chi connectivity index (χ2n) is 7.31. The van der Waals surface area contributed by atoms with Crippen molar-refractivity contribution in [1.29, 1.82) is 0 Å². The number of carbonyl (C=O) groups excluding carboxylic acids is 1. The van der Waals surface area contributed by atoms with Crippen LogP contribution in [0.4, 0.5) is 5.82 Å². The topological polar surface area (TPSA) is 137 Å². The number of fused-ring (bicyclic) bond motifs is 1. The minimum Gasteiger partial charge on any atom is -0.496 e. The van der Waals surface area contributed by atoms with E-state index in [-0.39, 0.29) is 19.0 Å². The summed E-state index contributed by atoms with van der Waals surface area (Å²) in [6.07, 6.45) is 1.51. The summed E-state index contributed by atoms with van der Waals surface area (Å²) in [4.78, 5) is 30.8. The van der Waals surface area contributed by atoms with Gasteiger partial charge >= 0.3 is 0 Å². The normalized spacial score (nSPS) is 13.6. The Labute approximate surface area is 191 Å². The molecule has 1 amide bonds. The van der Waals surface area contributed by atoms with E-state index in [2.05, 4.69) is 31.6 Å². The average molecular weight is 453 g/mol. The predicted octanol–water partition coefficient (Wildman–Crippen LogP) is 1.34. The maximum absolute atomic E-state index is 11.7. The zero-order valence-electron chi connectivity index (χ0n) is 18.3. The summed E-state index contributed by atoms with van der Waals surface area (Å²) in [5.41, 5.74) is 3.89.